The number of thiazole rings is 1. The van der Waals surface area contributed by atoms with E-state index >= 15 is 0 Å². The summed E-state index contributed by atoms with van der Waals surface area (Å²) in [6.45, 7) is 0. The van der Waals surface area contributed by atoms with Gasteiger partial charge in [0.2, 0.25) is 0 Å². The van der Waals surface area contributed by atoms with Crippen molar-refractivity contribution >= 4 is 28.9 Å². The lowest BCUT2D eigenvalue weighted by molar-refractivity contribution is 0.0169. The molecule has 0 aromatic carbocycles. The molecule has 0 saturated heterocycles. The zero-order chi connectivity index (χ0) is 12.1. The Morgan fingerprint density at radius 3 is 2.94 bits per heavy atom. The molecule has 0 radical (unpaired) electrons. The van der Waals surface area contributed by atoms with Crippen LogP contribution in [0.3, 0.4) is 0 Å². The van der Waals surface area contributed by atoms with E-state index in [1.165, 1.54) is 13.3 Å². The number of aliphatic hydroxyl groups excluding tert-OH is 2. The summed E-state index contributed by atoms with van der Waals surface area (Å²) in [5, 5.41) is 19.4. The average molecular weight is 266 g/mol. The van der Waals surface area contributed by atoms with E-state index in [4.69, 9.17) is 11.6 Å². The monoisotopic (exact) mass is 265 g/mol. The maximum absolute atomic E-state index is 11.1. The van der Waals surface area contributed by atoms with Crippen LogP contribution in [0.1, 0.15) is 27.2 Å². The molecule has 1 heterocycles. The van der Waals surface area contributed by atoms with E-state index in [2.05, 4.69) is 9.72 Å². The summed E-state index contributed by atoms with van der Waals surface area (Å²) in [5.41, 5.74) is 0. The van der Waals surface area contributed by atoms with Crippen molar-refractivity contribution < 1.29 is 19.7 Å². The second-order valence-electron chi connectivity index (χ2n) is 3.04. The van der Waals surface area contributed by atoms with E-state index in [9.17, 15) is 15.0 Å². The van der Waals surface area contributed by atoms with E-state index in [1.54, 1.807) is 0 Å². The Morgan fingerprint density at radius 1 is 1.69 bits per heavy atom. The quantitative estimate of drug-likeness (QED) is 0.612. The number of carbonyl (C=O) groups is 1. The molecule has 5 nitrogen and oxygen atoms in total. The third-order valence-corrected chi connectivity index (χ3v) is 3.20. The fourth-order valence-corrected chi connectivity index (χ4v) is 2.16. The van der Waals surface area contributed by atoms with Gasteiger partial charge in [0.25, 0.3) is 0 Å². The van der Waals surface area contributed by atoms with Crippen LogP contribution in [0.15, 0.2) is 6.20 Å². The maximum Gasteiger partial charge on any atom is 0.349 e. The first-order valence-electron chi connectivity index (χ1n) is 4.56. The van der Waals surface area contributed by atoms with Gasteiger partial charge in [-0.2, -0.15) is 0 Å². The molecule has 90 valence electrons. The van der Waals surface area contributed by atoms with E-state index < -0.39 is 18.2 Å². The highest BCUT2D eigenvalue weighted by molar-refractivity contribution is 7.13. The molecular weight excluding hydrogens is 254 g/mol. The minimum absolute atomic E-state index is 0.244. The molecule has 7 heteroatoms. The first-order valence-corrected chi connectivity index (χ1v) is 5.91. The van der Waals surface area contributed by atoms with Crippen molar-refractivity contribution in [1.82, 2.24) is 4.98 Å². The number of aromatic nitrogens is 1. The minimum atomic E-state index is -1.12. The maximum atomic E-state index is 11.1. The van der Waals surface area contributed by atoms with Crippen molar-refractivity contribution in [3.05, 3.63) is 16.1 Å². The molecule has 0 spiro atoms. The van der Waals surface area contributed by atoms with Gasteiger partial charge in [0, 0.05) is 5.88 Å². The van der Waals surface area contributed by atoms with E-state index in [1.807, 2.05) is 0 Å². The standard InChI is InChI=1S/C9H12ClNO4S/c1-15-9(14)6-4-11-8(16-6)7(13)5(12)2-3-10/h4-5,7,12-13H,2-3H2,1H3. The Kier molecular flexibility index (Phi) is 5.14. The Labute approximate surface area is 102 Å². The van der Waals surface area contributed by atoms with Crippen molar-refractivity contribution in [2.75, 3.05) is 13.0 Å². The molecule has 0 aliphatic rings. The first-order chi connectivity index (χ1) is 7.60. The topological polar surface area (TPSA) is 79.7 Å². The molecule has 2 atom stereocenters. The molecule has 0 fully saturated rings. The highest BCUT2D eigenvalue weighted by Crippen LogP contribution is 2.24. The summed E-state index contributed by atoms with van der Waals surface area (Å²) in [6, 6.07) is 0. The molecular formula is C9H12ClNO4S. The molecule has 0 aliphatic heterocycles. The second-order valence-corrected chi connectivity index (χ2v) is 4.48. The number of nitrogens with zero attached hydrogens (tertiary/aromatic N) is 1. The summed E-state index contributed by atoms with van der Waals surface area (Å²) in [7, 11) is 1.26. The molecule has 0 amide bonds. The average Bonchev–Trinajstić information content (AvgIpc) is 2.76. The van der Waals surface area contributed by atoms with Crippen molar-refractivity contribution in [3.63, 3.8) is 0 Å². The van der Waals surface area contributed by atoms with E-state index in [0.717, 1.165) is 11.3 Å². The molecule has 1 rings (SSSR count). The van der Waals surface area contributed by atoms with E-state index in [-0.39, 0.29) is 22.2 Å². The second kappa shape index (κ2) is 6.15. The fourth-order valence-electron chi connectivity index (χ4n) is 1.05. The number of ether oxygens (including phenoxy) is 1. The predicted molar refractivity (Wildman–Crippen MR) is 59.8 cm³/mol. The van der Waals surface area contributed by atoms with Gasteiger partial charge in [-0.3, -0.25) is 0 Å². The molecule has 2 N–H and O–H groups in total. The van der Waals surface area contributed by atoms with Crippen LogP contribution in [0.5, 0.6) is 0 Å². The number of rotatable bonds is 5. The molecule has 1 aromatic heterocycles. The summed E-state index contributed by atoms with van der Waals surface area (Å²) < 4.78 is 4.50. The van der Waals surface area contributed by atoms with Gasteiger partial charge in [0.15, 0.2) is 0 Å². The number of methoxy groups -OCH3 is 1. The minimum Gasteiger partial charge on any atom is -0.465 e. The molecule has 0 saturated carbocycles. The third-order valence-electron chi connectivity index (χ3n) is 1.93. The van der Waals surface area contributed by atoms with Gasteiger partial charge in [-0.25, -0.2) is 9.78 Å². The van der Waals surface area contributed by atoms with Gasteiger partial charge in [-0.15, -0.1) is 22.9 Å². The summed E-state index contributed by atoms with van der Waals surface area (Å²) in [4.78, 5) is 15.3. The van der Waals surface area contributed by atoms with Crippen LogP contribution in [-0.4, -0.2) is 40.3 Å². The smallest absolute Gasteiger partial charge is 0.349 e. The number of alkyl halides is 1. The van der Waals surface area contributed by atoms with Gasteiger partial charge in [-0.05, 0) is 6.42 Å². The molecule has 2 unspecified atom stereocenters. The van der Waals surface area contributed by atoms with Gasteiger partial charge in [0.05, 0.1) is 19.4 Å². The van der Waals surface area contributed by atoms with Gasteiger partial charge >= 0.3 is 5.97 Å². The zero-order valence-corrected chi connectivity index (χ0v) is 10.2. The van der Waals surface area contributed by atoms with Crippen LogP contribution in [0.25, 0.3) is 0 Å². The number of halogens is 1. The number of esters is 1. The number of carbonyl (C=O) groups excluding carboxylic acids is 1. The number of aliphatic hydroxyl groups is 2. The first kappa shape index (κ1) is 13.4. The highest BCUT2D eigenvalue weighted by atomic mass is 35.5. The van der Waals surface area contributed by atoms with Crippen LogP contribution >= 0.6 is 22.9 Å². The SMILES string of the molecule is COC(=O)c1cnc(C(O)C(O)CCCl)s1. The lowest BCUT2D eigenvalue weighted by Gasteiger charge is -2.13. The predicted octanol–water partition coefficient (Wildman–Crippen LogP) is 0.953. The van der Waals surface area contributed by atoms with Gasteiger partial charge < -0.3 is 14.9 Å². The van der Waals surface area contributed by atoms with Crippen LogP contribution in [0, 0.1) is 0 Å². The van der Waals surface area contributed by atoms with Crippen molar-refractivity contribution in [3.8, 4) is 0 Å². The highest BCUT2D eigenvalue weighted by Gasteiger charge is 2.22. The van der Waals surface area contributed by atoms with Gasteiger partial charge in [0.1, 0.15) is 16.0 Å². The van der Waals surface area contributed by atoms with E-state index in [0.29, 0.717) is 0 Å². The van der Waals surface area contributed by atoms with Crippen LogP contribution < -0.4 is 0 Å². The number of hydrogen-bond donors (Lipinski definition) is 2. The largest absolute Gasteiger partial charge is 0.465 e. The van der Waals surface area contributed by atoms with Crippen LogP contribution in [0.4, 0.5) is 0 Å². The molecule has 0 aliphatic carbocycles. The lowest BCUT2D eigenvalue weighted by atomic mass is 10.2. The summed E-state index contributed by atoms with van der Waals surface area (Å²) in [5.74, 6) is -0.268. The fraction of sp³-hybridized carbons (Fsp3) is 0.556. The Morgan fingerprint density at radius 2 is 2.38 bits per heavy atom. The van der Waals surface area contributed by atoms with Crippen molar-refractivity contribution in [2.45, 2.75) is 18.6 Å². The van der Waals surface area contributed by atoms with Crippen molar-refractivity contribution in [2.24, 2.45) is 0 Å². The van der Waals surface area contributed by atoms with Crippen LogP contribution in [-0.2, 0) is 4.74 Å². The molecule has 16 heavy (non-hydrogen) atoms. The summed E-state index contributed by atoms with van der Waals surface area (Å²) in [6.07, 6.45) is -0.533. The Bertz CT molecular complexity index is 357. The molecule has 0 bridgehead atoms. The zero-order valence-electron chi connectivity index (χ0n) is 8.59. The Hall–Kier alpha value is -0.690. The number of hydrogen-bond acceptors (Lipinski definition) is 6. The van der Waals surface area contributed by atoms with Gasteiger partial charge in [-0.1, -0.05) is 0 Å². The van der Waals surface area contributed by atoms with Crippen LogP contribution in [0.2, 0.25) is 0 Å². The normalized spacial score (nSPS) is 14.5. The summed E-state index contributed by atoms with van der Waals surface area (Å²) >= 11 is 6.43. The molecule has 1 aromatic rings. The van der Waals surface area contributed by atoms with Crippen molar-refractivity contribution in [1.29, 1.82) is 0 Å². The third kappa shape index (κ3) is 3.15. The lowest BCUT2D eigenvalue weighted by Crippen LogP contribution is -2.18. The Balaban J connectivity index is 2.73.